The van der Waals surface area contributed by atoms with E-state index in [0.717, 1.165) is 11.3 Å². The number of hydrogen-bond donors (Lipinski definition) is 1. The molecule has 0 fully saturated rings. The van der Waals surface area contributed by atoms with Gasteiger partial charge in [0.1, 0.15) is 10.5 Å². The van der Waals surface area contributed by atoms with Gasteiger partial charge in [0.15, 0.2) is 0 Å². The summed E-state index contributed by atoms with van der Waals surface area (Å²) in [5.74, 6) is -0.446. The van der Waals surface area contributed by atoms with Gasteiger partial charge < -0.3 is 9.72 Å². The van der Waals surface area contributed by atoms with Gasteiger partial charge in [-0.2, -0.15) is 0 Å². The predicted molar refractivity (Wildman–Crippen MR) is 54.8 cm³/mol. The Hall–Kier alpha value is -1.10. The quantitative estimate of drug-likeness (QED) is 0.725. The first-order valence-corrected chi connectivity index (χ1v) is 5.04. The van der Waals surface area contributed by atoms with Gasteiger partial charge in [-0.05, 0) is 27.7 Å². The van der Waals surface area contributed by atoms with Crippen LogP contribution in [0.15, 0.2) is 4.79 Å². The molecule has 1 aromatic heterocycles. The standard InChI is InChI=1S/C9H13NO3S/c1-5-6(14-8(12)10-5)7(11)13-9(2,3)4/h1-4H3,(H,10,12). The van der Waals surface area contributed by atoms with Crippen LogP contribution in [-0.4, -0.2) is 16.6 Å². The second-order valence-electron chi connectivity index (χ2n) is 3.97. The van der Waals surface area contributed by atoms with Crippen molar-refractivity contribution in [2.45, 2.75) is 33.3 Å². The number of rotatable bonds is 1. The first-order valence-electron chi connectivity index (χ1n) is 4.22. The summed E-state index contributed by atoms with van der Waals surface area (Å²) in [5.41, 5.74) is 0.0329. The van der Waals surface area contributed by atoms with Crippen molar-refractivity contribution in [1.29, 1.82) is 0 Å². The zero-order chi connectivity index (χ0) is 10.9. The minimum Gasteiger partial charge on any atom is -0.456 e. The molecule has 0 spiro atoms. The van der Waals surface area contributed by atoms with Crippen molar-refractivity contribution >= 4 is 17.3 Å². The Balaban J connectivity index is 2.91. The lowest BCUT2D eigenvalue weighted by molar-refractivity contribution is 0.00742. The maximum Gasteiger partial charge on any atom is 0.350 e. The maximum absolute atomic E-state index is 11.5. The van der Waals surface area contributed by atoms with E-state index in [1.807, 2.05) is 0 Å². The summed E-state index contributed by atoms with van der Waals surface area (Å²) in [6.45, 7) is 7.04. The number of carbonyl (C=O) groups is 1. The van der Waals surface area contributed by atoms with Gasteiger partial charge in [0.05, 0.1) is 0 Å². The highest BCUT2D eigenvalue weighted by atomic mass is 32.1. The first kappa shape index (κ1) is 11.0. The van der Waals surface area contributed by atoms with E-state index in [1.165, 1.54) is 0 Å². The van der Waals surface area contributed by atoms with Crippen molar-refractivity contribution in [2.24, 2.45) is 0 Å². The normalized spacial score (nSPS) is 11.4. The molecule has 0 saturated heterocycles. The Labute approximate surface area is 85.9 Å². The van der Waals surface area contributed by atoms with Gasteiger partial charge >= 0.3 is 10.8 Å². The molecule has 1 N–H and O–H groups in total. The van der Waals surface area contributed by atoms with Crippen LogP contribution in [0.3, 0.4) is 0 Å². The van der Waals surface area contributed by atoms with E-state index >= 15 is 0 Å². The third kappa shape index (κ3) is 2.70. The van der Waals surface area contributed by atoms with Crippen molar-refractivity contribution in [1.82, 2.24) is 4.98 Å². The molecule has 78 valence electrons. The molecule has 4 nitrogen and oxygen atoms in total. The van der Waals surface area contributed by atoms with E-state index in [-0.39, 0.29) is 4.87 Å². The lowest BCUT2D eigenvalue weighted by Gasteiger charge is -2.18. The first-order chi connectivity index (χ1) is 6.29. The number of aromatic nitrogens is 1. The van der Waals surface area contributed by atoms with Crippen LogP contribution in [0.5, 0.6) is 0 Å². The summed E-state index contributed by atoms with van der Waals surface area (Å²) in [6, 6.07) is 0. The van der Waals surface area contributed by atoms with Gasteiger partial charge in [-0.1, -0.05) is 11.3 Å². The highest BCUT2D eigenvalue weighted by molar-refractivity contribution is 7.11. The number of ether oxygens (including phenoxy) is 1. The molecule has 0 aliphatic heterocycles. The number of aromatic amines is 1. The molecule has 0 aromatic carbocycles. The lowest BCUT2D eigenvalue weighted by Crippen LogP contribution is -2.23. The SMILES string of the molecule is Cc1[nH]c(=O)sc1C(=O)OC(C)(C)C. The molecule has 0 radical (unpaired) electrons. The molecule has 0 aliphatic carbocycles. The topological polar surface area (TPSA) is 59.2 Å². The number of thiazole rings is 1. The fraction of sp³-hybridized carbons (Fsp3) is 0.556. The Morgan fingerprint density at radius 2 is 2.00 bits per heavy atom. The Morgan fingerprint density at radius 3 is 2.36 bits per heavy atom. The van der Waals surface area contributed by atoms with Gasteiger partial charge in [-0.3, -0.25) is 4.79 Å². The minimum absolute atomic E-state index is 0.233. The van der Waals surface area contributed by atoms with E-state index in [9.17, 15) is 9.59 Å². The van der Waals surface area contributed by atoms with Gasteiger partial charge in [0, 0.05) is 5.69 Å². The van der Waals surface area contributed by atoms with E-state index in [1.54, 1.807) is 27.7 Å². The van der Waals surface area contributed by atoms with Crippen LogP contribution in [0.1, 0.15) is 36.1 Å². The largest absolute Gasteiger partial charge is 0.456 e. The number of H-pyrrole nitrogens is 1. The molecule has 0 aliphatic rings. The Bertz CT molecular complexity index is 397. The summed E-state index contributed by atoms with van der Waals surface area (Å²) in [5, 5.41) is 0. The molecular formula is C9H13NO3S. The monoisotopic (exact) mass is 215 g/mol. The molecule has 0 unspecified atom stereocenters. The molecule has 0 saturated carbocycles. The average molecular weight is 215 g/mol. The summed E-state index contributed by atoms with van der Waals surface area (Å²) in [7, 11) is 0. The molecular weight excluding hydrogens is 202 g/mol. The fourth-order valence-electron chi connectivity index (χ4n) is 0.924. The summed E-state index contributed by atoms with van der Waals surface area (Å²) in [6.07, 6.45) is 0. The molecule has 14 heavy (non-hydrogen) atoms. The van der Waals surface area contributed by atoms with Crippen LogP contribution < -0.4 is 4.87 Å². The van der Waals surface area contributed by atoms with Crippen LogP contribution in [0, 0.1) is 6.92 Å². The summed E-state index contributed by atoms with van der Waals surface area (Å²) < 4.78 is 5.13. The molecule has 1 aromatic rings. The van der Waals surface area contributed by atoms with Crippen LogP contribution in [-0.2, 0) is 4.74 Å². The van der Waals surface area contributed by atoms with Crippen molar-refractivity contribution in [3.8, 4) is 0 Å². The van der Waals surface area contributed by atoms with Crippen molar-refractivity contribution < 1.29 is 9.53 Å². The number of carbonyl (C=O) groups excluding carboxylic acids is 1. The van der Waals surface area contributed by atoms with E-state index in [0.29, 0.717) is 10.6 Å². The van der Waals surface area contributed by atoms with Crippen LogP contribution in [0.25, 0.3) is 0 Å². The molecule has 0 bridgehead atoms. The molecule has 1 heterocycles. The Morgan fingerprint density at radius 1 is 1.43 bits per heavy atom. The minimum atomic E-state index is -0.531. The third-order valence-corrected chi connectivity index (χ3v) is 2.37. The van der Waals surface area contributed by atoms with E-state index in [2.05, 4.69) is 4.98 Å². The van der Waals surface area contributed by atoms with Crippen LogP contribution in [0.2, 0.25) is 0 Å². The summed E-state index contributed by atoms with van der Waals surface area (Å²) in [4.78, 5) is 25.1. The Kier molecular flexibility index (Phi) is 2.80. The van der Waals surface area contributed by atoms with Gasteiger partial charge in [-0.15, -0.1) is 0 Å². The van der Waals surface area contributed by atoms with Crippen molar-refractivity contribution in [3.05, 3.63) is 20.2 Å². The van der Waals surface area contributed by atoms with Crippen molar-refractivity contribution in [2.75, 3.05) is 0 Å². The molecule has 0 amide bonds. The van der Waals surface area contributed by atoms with Crippen LogP contribution >= 0.6 is 11.3 Å². The fourth-order valence-corrected chi connectivity index (χ4v) is 1.64. The summed E-state index contributed by atoms with van der Waals surface area (Å²) >= 11 is 0.877. The van der Waals surface area contributed by atoms with Gasteiger partial charge in [0.2, 0.25) is 0 Å². The highest BCUT2D eigenvalue weighted by Gasteiger charge is 2.21. The second kappa shape index (κ2) is 3.57. The molecule has 0 atom stereocenters. The number of esters is 1. The second-order valence-corrected chi connectivity index (χ2v) is 4.95. The number of aryl methyl sites for hydroxylation is 1. The van der Waals surface area contributed by atoms with E-state index < -0.39 is 11.6 Å². The van der Waals surface area contributed by atoms with Crippen molar-refractivity contribution in [3.63, 3.8) is 0 Å². The zero-order valence-electron chi connectivity index (χ0n) is 8.63. The number of nitrogens with one attached hydrogen (secondary N) is 1. The molecule has 1 rings (SSSR count). The highest BCUT2D eigenvalue weighted by Crippen LogP contribution is 2.15. The number of hydrogen-bond acceptors (Lipinski definition) is 4. The molecule has 5 heteroatoms. The van der Waals surface area contributed by atoms with E-state index in [4.69, 9.17) is 4.74 Å². The maximum atomic E-state index is 11.5. The smallest absolute Gasteiger partial charge is 0.350 e. The van der Waals surface area contributed by atoms with Gasteiger partial charge in [0.25, 0.3) is 0 Å². The predicted octanol–water partition coefficient (Wildman–Crippen LogP) is 1.70. The lowest BCUT2D eigenvalue weighted by atomic mass is 10.2. The van der Waals surface area contributed by atoms with Gasteiger partial charge in [-0.25, -0.2) is 4.79 Å². The zero-order valence-corrected chi connectivity index (χ0v) is 9.45. The third-order valence-electron chi connectivity index (χ3n) is 1.41. The average Bonchev–Trinajstić information content (AvgIpc) is 2.26. The van der Waals surface area contributed by atoms with Crippen LogP contribution in [0.4, 0.5) is 0 Å².